The van der Waals surface area contributed by atoms with Crippen LogP contribution in [0.5, 0.6) is 0 Å². The summed E-state index contributed by atoms with van der Waals surface area (Å²) >= 11 is 5.73. The molecule has 0 unspecified atom stereocenters. The van der Waals surface area contributed by atoms with Crippen molar-refractivity contribution in [1.82, 2.24) is 5.32 Å². The van der Waals surface area contributed by atoms with Crippen LogP contribution in [-0.2, 0) is 11.2 Å². The van der Waals surface area contributed by atoms with Crippen molar-refractivity contribution in [3.63, 3.8) is 0 Å². The third-order valence-electron chi connectivity index (χ3n) is 1.73. The fourth-order valence-electron chi connectivity index (χ4n) is 1.16. The summed E-state index contributed by atoms with van der Waals surface area (Å²) in [5, 5.41) is 3.53. The summed E-state index contributed by atoms with van der Waals surface area (Å²) in [5.41, 5.74) is 0.979. The van der Waals surface area contributed by atoms with Gasteiger partial charge in [-0.2, -0.15) is 0 Å². The largest absolute Gasteiger partial charge is 0.354 e. The van der Waals surface area contributed by atoms with Crippen LogP contribution in [0.25, 0.3) is 0 Å². The number of rotatable bonds is 3. The Morgan fingerprint density at radius 2 is 1.93 bits per heavy atom. The molecule has 3 heteroatoms. The van der Waals surface area contributed by atoms with E-state index >= 15 is 0 Å². The highest BCUT2D eigenvalue weighted by molar-refractivity contribution is 6.30. The predicted molar refractivity (Wildman–Crippen MR) is 58.4 cm³/mol. The maximum atomic E-state index is 11.4. The molecule has 0 fully saturated rings. The molecule has 1 rings (SSSR count). The molecular formula is C11H14ClNO. The Morgan fingerprint density at radius 3 is 2.43 bits per heavy atom. The Labute approximate surface area is 89.3 Å². The molecule has 0 aliphatic rings. The molecule has 0 heterocycles. The van der Waals surface area contributed by atoms with E-state index in [1.165, 1.54) is 0 Å². The second kappa shape index (κ2) is 5.01. The summed E-state index contributed by atoms with van der Waals surface area (Å²) in [6.45, 7) is 3.89. The Kier molecular flexibility index (Phi) is 3.96. The van der Waals surface area contributed by atoms with E-state index in [1.807, 2.05) is 26.0 Å². The summed E-state index contributed by atoms with van der Waals surface area (Å²) in [4.78, 5) is 11.4. The molecule has 1 amide bonds. The van der Waals surface area contributed by atoms with E-state index in [4.69, 9.17) is 11.6 Å². The zero-order chi connectivity index (χ0) is 10.6. The molecule has 2 nitrogen and oxygen atoms in total. The number of carbonyl (C=O) groups excluding carboxylic acids is 1. The number of halogens is 1. The molecule has 0 atom stereocenters. The Hall–Kier alpha value is -1.02. The van der Waals surface area contributed by atoms with Gasteiger partial charge in [-0.15, -0.1) is 0 Å². The van der Waals surface area contributed by atoms with Crippen molar-refractivity contribution in [3.05, 3.63) is 34.9 Å². The molecule has 0 saturated heterocycles. The molecule has 76 valence electrons. The minimum Gasteiger partial charge on any atom is -0.354 e. The summed E-state index contributed by atoms with van der Waals surface area (Å²) in [6.07, 6.45) is 0.412. The van der Waals surface area contributed by atoms with Gasteiger partial charge in [0.05, 0.1) is 6.42 Å². The first kappa shape index (κ1) is 11.1. The lowest BCUT2D eigenvalue weighted by Crippen LogP contribution is -2.31. The van der Waals surface area contributed by atoms with Gasteiger partial charge in [0.15, 0.2) is 0 Å². The van der Waals surface area contributed by atoms with Gasteiger partial charge in [-0.1, -0.05) is 23.7 Å². The lowest BCUT2D eigenvalue weighted by Gasteiger charge is -2.07. The highest BCUT2D eigenvalue weighted by Crippen LogP contribution is 2.09. The van der Waals surface area contributed by atoms with Gasteiger partial charge < -0.3 is 5.32 Å². The van der Waals surface area contributed by atoms with Crippen LogP contribution in [0.4, 0.5) is 0 Å². The van der Waals surface area contributed by atoms with Crippen molar-refractivity contribution in [1.29, 1.82) is 0 Å². The molecule has 1 aromatic carbocycles. The van der Waals surface area contributed by atoms with E-state index in [2.05, 4.69) is 5.32 Å². The molecular weight excluding hydrogens is 198 g/mol. The van der Waals surface area contributed by atoms with Crippen molar-refractivity contribution < 1.29 is 4.79 Å². The summed E-state index contributed by atoms with van der Waals surface area (Å²) in [5.74, 6) is 0.0438. The van der Waals surface area contributed by atoms with Crippen LogP contribution in [0.2, 0.25) is 5.02 Å². The van der Waals surface area contributed by atoms with Gasteiger partial charge in [-0.25, -0.2) is 0 Å². The second-order valence-corrected chi connectivity index (χ2v) is 3.96. The Bertz CT molecular complexity index is 306. The second-order valence-electron chi connectivity index (χ2n) is 3.53. The molecule has 0 aliphatic carbocycles. The van der Waals surface area contributed by atoms with Crippen LogP contribution in [0, 0.1) is 0 Å². The smallest absolute Gasteiger partial charge is 0.224 e. The number of hydrogen-bond acceptors (Lipinski definition) is 1. The van der Waals surface area contributed by atoms with Crippen LogP contribution in [0.3, 0.4) is 0 Å². The Balaban J connectivity index is 2.52. The standard InChI is InChI=1S/C11H14ClNO/c1-8(2)13-11(14)7-9-3-5-10(12)6-4-9/h3-6,8H,7H2,1-2H3,(H,13,14). The van der Waals surface area contributed by atoms with Gasteiger partial charge in [-0.05, 0) is 31.5 Å². The normalized spacial score (nSPS) is 10.3. The van der Waals surface area contributed by atoms with Crippen molar-refractivity contribution in [2.75, 3.05) is 0 Å². The lowest BCUT2D eigenvalue weighted by atomic mass is 10.1. The molecule has 14 heavy (non-hydrogen) atoms. The number of nitrogens with one attached hydrogen (secondary N) is 1. The Morgan fingerprint density at radius 1 is 1.36 bits per heavy atom. The molecule has 1 N–H and O–H groups in total. The summed E-state index contributed by atoms with van der Waals surface area (Å²) < 4.78 is 0. The molecule has 0 radical (unpaired) electrons. The quantitative estimate of drug-likeness (QED) is 0.818. The zero-order valence-corrected chi connectivity index (χ0v) is 9.14. The van der Waals surface area contributed by atoms with E-state index in [1.54, 1.807) is 12.1 Å². The highest BCUT2D eigenvalue weighted by Gasteiger charge is 2.03. The van der Waals surface area contributed by atoms with E-state index in [0.717, 1.165) is 5.56 Å². The average molecular weight is 212 g/mol. The number of carbonyl (C=O) groups is 1. The minimum absolute atomic E-state index is 0.0438. The molecule has 0 aromatic heterocycles. The zero-order valence-electron chi connectivity index (χ0n) is 8.38. The number of hydrogen-bond donors (Lipinski definition) is 1. The molecule has 0 aliphatic heterocycles. The van der Waals surface area contributed by atoms with Gasteiger partial charge in [0.1, 0.15) is 0 Å². The first-order valence-corrected chi connectivity index (χ1v) is 4.99. The van der Waals surface area contributed by atoms with Crippen molar-refractivity contribution in [2.45, 2.75) is 26.3 Å². The summed E-state index contributed by atoms with van der Waals surface area (Å²) in [7, 11) is 0. The molecule has 0 spiro atoms. The number of benzene rings is 1. The van der Waals surface area contributed by atoms with Crippen LogP contribution in [0.1, 0.15) is 19.4 Å². The topological polar surface area (TPSA) is 29.1 Å². The molecule has 1 aromatic rings. The van der Waals surface area contributed by atoms with E-state index in [0.29, 0.717) is 11.4 Å². The first-order chi connectivity index (χ1) is 6.58. The third kappa shape index (κ3) is 3.79. The monoisotopic (exact) mass is 211 g/mol. The van der Waals surface area contributed by atoms with Gasteiger partial charge >= 0.3 is 0 Å². The number of amides is 1. The fourth-order valence-corrected chi connectivity index (χ4v) is 1.29. The van der Waals surface area contributed by atoms with Crippen LogP contribution < -0.4 is 5.32 Å². The van der Waals surface area contributed by atoms with Crippen LogP contribution in [0.15, 0.2) is 24.3 Å². The van der Waals surface area contributed by atoms with Crippen molar-refractivity contribution in [2.24, 2.45) is 0 Å². The maximum absolute atomic E-state index is 11.4. The SMILES string of the molecule is CC(C)NC(=O)Cc1ccc(Cl)cc1. The lowest BCUT2D eigenvalue weighted by molar-refractivity contribution is -0.120. The third-order valence-corrected chi connectivity index (χ3v) is 1.98. The maximum Gasteiger partial charge on any atom is 0.224 e. The van der Waals surface area contributed by atoms with Crippen LogP contribution >= 0.6 is 11.6 Å². The van der Waals surface area contributed by atoms with Gasteiger partial charge in [0.25, 0.3) is 0 Å². The van der Waals surface area contributed by atoms with Gasteiger partial charge in [0.2, 0.25) is 5.91 Å². The predicted octanol–water partition coefficient (Wildman–Crippen LogP) is 2.41. The van der Waals surface area contributed by atoms with Gasteiger partial charge in [0, 0.05) is 11.1 Å². The van der Waals surface area contributed by atoms with Crippen molar-refractivity contribution >= 4 is 17.5 Å². The average Bonchev–Trinajstić information content (AvgIpc) is 2.07. The van der Waals surface area contributed by atoms with Gasteiger partial charge in [-0.3, -0.25) is 4.79 Å². The van der Waals surface area contributed by atoms with E-state index < -0.39 is 0 Å². The van der Waals surface area contributed by atoms with Crippen molar-refractivity contribution in [3.8, 4) is 0 Å². The van der Waals surface area contributed by atoms with E-state index in [9.17, 15) is 4.79 Å². The molecule has 0 bridgehead atoms. The van der Waals surface area contributed by atoms with Crippen LogP contribution in [-0.4, -0.2) is 11.9 Å². The van der Waals surface area contributed by atoms with E-state index in [-0.39, 0.29) is 11.9 Å². The first-order valence-electron chi connectivity index (χ1n) is 4.61. The molecule has 0 saturated carbocycles. The minimum atomic E-state index is 0.0438. The fraction of sp³-hybridized carbons (Fsp3) is 0.364. The summed E-state index contributed by atoms with van der Waals surface area (Å²) in [6, 6.07) is 7.50. The highest BCUT2D eigenvalue weighted by atomic mass is 35.5.